The van der Waals surface area contributed by atoms with Crippen molar-refractivity contribution in [3.05, 3.63) is 73.6 Å². The van der Waals surface area contributed by atoms with Crippen LogP contribution in [0.25, 0.3) is 11.1 Å². The normalized spacial score (nSPS) is 17.9. The molecule has 187 valence electrons. The van der Waals surface area contributed by atoms with Crippen LogP contribution < -0.4 is 3.27 Å². The molecule has 0 amide bonds. The monoisotopic (exact) mass is 545 g/mol. The first-order valence-electron chi connectivity index (χ1n) is 13.6. The first-order valence-corrected chi connectivity index (χ1v) is 17.5. The van der Waals surface area contributed by atoms with Gasteiger partial charge in [-0.15, -0.1) is 0 Å². The number of hydrogen-bond acceptors (Lipinski definition) is 0. The van der Waals surface area contributed by atoms with Crippen molar-refractivity contribution >= 4 is 3.27 Å². The molecule has 0 spiro atoms. The van der Waals surface area contributed by atoms with Crippen LogP contribution in [-0.2, 0) is 39.0 Å². The van der Waals surface area contributed by atoms with Gasteiger partial charge in [0, 0.05) is 0 Å². The molecule has 0 aliphatic heterocycles. The van der Waals surface area contributed by atoms with Gasteiger partial charge in [-0.25, -0.2) is 0 Å². The number of allylic oxidation sites excluding steroid dienone is 4. The van der Waals surface area contributed by atoms with Crippen LogP contribution in [0.1, 0.15) is 105 Å². The van der Waals surface area contributed by atoms with Crippen molar-refractivity contribution < 1.29 is 21.8 Å². The summed E-state index contributed by atoms with van der Waals surface area (Å²) in [5.74, 6) is 0.575. The molecular formula is C34H47Zr. The van der Waals surface area contributed by atoms with Crippen molar-refractivity contribution in [3.8, 4) is 11.1 Å². The standard InChI is InChI=1S/C21H25.C10H15.C3H7.Zr/c1-20(2,3)16-9-7-14-11-15-8-10-17(21(4,5)6)13-19(15)18(14)12-16;1-8-5-6-9(7-8)10(2,3)4;1-3-2;/h7,9-10,12-13H,11H2,1-6H3;6-8H,1-4H3;3H,1-2H3;. The van der Waals surface area contributed by atoms with Crippen LogP contribution >= 0.6 is 0 Å². The molecule has 0 saturated heterocycles. The summed E-state index contributed by atoms with van der Waals surface area (Å²) in [7, 11) is 0. The topological polar surface area (TPSA) is 0 Å². The molecule has 0 saturated carbocycles. The summed E-state index contributed by atoms with van der Waals surface area (Å²) in [4.78, 5) is 0. The van der Waals surface area contributed by atoms with Gasteiger partial charge in [0.25, 0.3) is 0 Å². The molecule has 35 heavy (non-hydrogen) atoms. The maximum absolute atomic E-state index is 2.66. The van der Waals surface area contributed by atoms with E-state index in [0.29, 0.717) is 5.92 Å². The van der Waals surface area contributed by atoms with E-state index in [0.717, 1.165) is 10.0 Å². The van der Waals surface area contributed by atoms with Crippen molar-refractivity contribution in [1.29, 1.82) is 0 Å². The number of rotatable bonds is 3. The van der Waals surface area contributed by atoms with E-state index < -0.39 is 21.8 Å². The van der Waals surface area contributed by atoms with Gasteiger partial charge in [0.2, 0.25) is 0 Å². The predicted octanol–water partition coefficient (Wildman–Crippen LogP) is 9.43. The molecule has 2 aliphatic carbocycles. The minimum absolute atomic E-state index is 0.143. The second kappa shape index (κ2) is 8.97. The first kappa shape index (κ1) is 26.9. The molecule has 0 aromatic heterocycles. The van der Waals surface area contributed by atoms with Crippen molar-refractivity contribution in [2.75, 3.05) is 0 Å². The zero-order valence-corrected chi connectivity index (χ0v) is 26.9. The van der Waals surface area contributed by atoms with Crippen molar-refractivity contribution in [1.82, 2.24) is 0 Å². The van der Waals surface area contributed by atoms with Crippen LogP contribution in [0, 0.1) is 11.3 Å². The van der Waals surface area contributed by atoms with E-state index in [9.17, 15) is 0 Å². The Balaban J connectivity index is 1.94. The van der Waals surface area contributed by atoms with Gasteiger partial charge in [0.05, 0.1) is 0 Å². The van der Waals surface area contributed by atoms with Gasteiger partial charge in [-0.3, -0.25) is 0 Å². The Hall–Kier alpha value is -1.20. The Kier molecular flexibility index (Phi) is 6.89. The van der Waals surface area contributed by atoms with E-state index >= 15 is 0 Å². The van der Waals surface area contributed by atoms with Crippen LogP contribution in [0.15, 0.2) is 51.3 Å². The molecule has 1 heteroatoms. The predicted molar refractivity (Wildman–Crippen MR) is 152 cm³/mol. The molecule has 0 radical (unpaired) electrons. The summed E-state index contributed by atoms with van der Waals surface area (Å²) in [5, 5.41) is 0. The third kappa shape index (κ3) is 5.14. The van der Waals surface area contributed by atoms with Crippen molar-refractivity contribution in [2.45, 2.75) is 104 Å². The van der Waals surface area contributed by atoms with Crippen LogP contribution in [0.2, 0.25) is 3.63 Å². The van der Waals surface area contributed by atoms with Gasteiger partial charge in [0.1, 0.15) is 0 Å². The van der Waals surface area contributed by atoms with E-state index in [1.165, 1.54) is 27.8 Å². The van der Waals surface area contributed by atoms with E-state index in [1.807, 2.05) is 0 Å². The van der Waals surface area contributed by atoms with E-state index in [2.05, 4.69) is 126 Å². The fraction of sp³-hybridized carbons (Fsp3) is 0.529. The Morgan fingerprint density at radius 2 is 1.37 bits per heavy atom. The van der Waals surface area contributed by atoms with Crippen molar-refractivity contribution in [3.63, 3.8) is 0 Å². The molecule has 2 aromatic rings. The number of hydrogen-bond donors (Lipinski definition) is 0. The molecule has 2 aromatic carbocycles. The Morgan fingerprint density at radius 1 is 0.771 bits per heavy atom. The molecule has 0 N–H and O–H groups in total. The molecule has 0 heterocycles. The average molecular weight is 547 g/mol. The summed E-state index contributed by atoms with van der Waals surface area (Å²) in [5.41, 5.74) is 11.2. The molecule has 0 bridgehead atoms. The summed E-state index contributed by atoms with van der Waals surface area (Å²) in [6.07, 6.45) is 6.30. The molecule has 0 nitrogen and oxygen atoms in total. The maximum atomic E-state index is 2.66. The quantitative estimate of drug-likeness (QED) is 0.307. The third-order valence-electron chi connectivity index (χ3n) is 8.02. The third-order valence-corrected chi connectivity index (χ3v) is 16.4. The summed E-state index contributed by atoms with van der Waals surface area (Å²) in [6.45, 7) is 28.7. The van der Waals surface area contributed by atoms with Crippen molar-refractivity contribution in [2.24, 2.45) is 11.3 Å². The van der Waals surface area contributed by atoms with Crippen LogP contribution in [0.5, 0.6) is 0 Å². The SMILES string of the molecule is CC1C=C(C(C)(C)C)C=[C]1[Zr]([c]1cc(C(C)(C)C)cc2c1Cc1ccc(C(C)(C)C)cc1-2)[CH](C)C. The summed E-state index contributed by atoms with van der Waals surface area (Å²) < 4.78 is 4.30. The van der Waals surface area contributed by atoms with Crippen LogP contribution in [0.4, 0.5) is 0 Å². The van der Waals surface area contributed by atoms with E-state index in [1.54, 1.807) is 17.7 Å². The summed E-state index contributed by atoms with van der Waals surface area (Å²) in [6, 6.07) is 12.5. The Labute approximate surface area is 224 Å². The average Bonchev–Trinajstić information content (AvgIpc) is 3.27. The zero-order chi connectivity index (χ0) is 26.1. The summed E-state index contributed by atoms with van der Waals surface area (Å²) >= 11 is -2.16. The van der Waals surface area contributed by atoms with E-state index in [4.69, 9.17) is 0 Å². The second-order valence-electron chi connectivity index (χ2n) is 14.4. The molecule has 4 rings (SSSR count). The second-order valence-corrected chi connectivity index (χ2v) is 22.0. The Bertz CT molecular complexity index is 1200. The molecule has 2 aliphatic rings. The molecule has 1 unspecified atom stereocenters. The Morgan fingerprint density at radius 3 is 1.89 bits per heavy atom. The first-order chi connectivity index (χ1) is 16.0. The fourth-order valence-corrected chi connectivity index (χ4v) is 13.9. The van der Waals surface area contributed by atoms with Gasteiger partial charge in [0.15, 0.2) is 0 Å². The zero-order valence-electron chi connectivity index (χ0n) is 24.4. The van der Waals surface area contributed by atoms with Crippen LogP contribution in [0.3, 0.4) is 0 Å². The molecular weight excluding hydrogens is 500 g/mol. The molecule has 1 atom stereocenters. The fourth-order valence-electron chi connectivity index (χ4n) is 5.71. The number of benzene rings is 2. The van der Waals surface area contributed by atoms with Crippen LogP contribution in [-0.4, -0.2) is 0 Å². The van der Waals surface area contributed by atoms with Gasteiger partial charge >= 0.3 is 225 Å². The van der Waals surface area contributed by atoms with Gasteiger partial charge in [-0.1, -0.05) is 0 Å². The minimum atomic E-state index is -2.16. The number of fused-ring (bicyclic) bond motifs is 3. The van der Waals surface area contributed by atoms with Gasteiger partial charge in [-0.05, 0) is 0 Å². The van der Waals surface area contributed by atoms with Gasteiger partial charge in [-0.2, -0.15) is 0 Å². The van der Waals surface area contributed by atoms with E-state index in [-0.39, 0.29) is 16.2 Å². The molecule has 0 fully saturated rings. The van der Waals surface area contributed by atoms with Gasteiger partial charge < -0.3 is 0 Å².